The monoisotopic (exact) mass is 273 g/mol. The number of phenols is 1. The zero-order valence-corrected chi connectivity index (χ0v) is 10.9. The fraction of sp³-hybridized carbons (Fsp3) is 0.133. The molecule has 1 atom stereocenters. The summed E-state index contributed by atoms with van der Waals surface area (Å²) in [7, 11) is 1.54. The fourth-order valence-corrected chi connectivity index (χ4v) is 1.87. The summed E-state index contributed by atoms with van der Waals surface area (Å²) < 4.78 is 5.09. The van der Waals surface area contributed by atoms with Gasteiger partial charge < -0.3 is 20.3 Å². The molecular weight excluding hydrogens is 258 g/mol. The van der Waals surface area contributed by atoms with E-state index in [9.17, 15) is 15.0 Å². The molecule has 0 radical (unpaired) electrons. The van der Waals surface area contributed by atoms with Crippen LogP contribution in [0.15, 0.2) is 48.5 Å². The maximum atomic E-state index is 11.4. The summed E-state index contributed by atoms with van der Waals surface area (Å²) in [5, 5.41) is 21.7. The minimum atomic E-state index is -1.03. The van der Waals surface area contributed by atoms with E-state index in [1.807, 2.05) is 0 Å². The molecule has 0 aliphatic rings. The van der Waals surface area contributed by atoms with Crippen LogP contribution < -0.4 is 10.1 Å². The third-order valence-corrected chi connectivity index (χ3v) is 2.83. The van der Waals surface area contributed by atoms with Crippen LogP contribution in [-0.2, 0) is 4.79 Å². The predicted molar refractivity (Wildman–Crippen MR) is 75.1 cm³/mol. The van der Waals surface area contributed by atoms with Gasteiger partial charge in [-0.05, 0) is 29.8 Å². The lowest BCUT2D eigenvalue weighted by Gasteiger charge is -2.16. The Bertz CT molecular complexity index is 612. The van der Waals surface area contributed by atoms with Crippen molar-refractivity contribution in [1.82, 2.24) is 0 Å². The normalized spacial score (nSPS) is 11.7. The van der Waals surface area contributed by atoms with Gasteiger partial charge in [-0.15, -0.1) is 0 Å². The van der Waals surface area contributed by atoms with Crippen LogP contribution in [0.4, 0.5) is 5.69 Å². The van der Waals surface area contributed by atoms with Crippen molar-refractivity contribution in [2.24, 2.45) is 0 Å². The van der Waals surface area contributed by atoms with Gasteiger partial charge in [0.1, 0.15) is 11.5 Å². The predicted octanol–water partition coefficient (Wildman–Crippen LogP) is 2.64. The maximum absolute atomic E-state index is 11.4. The van der Waals surface area contributed by atoms with Gasteiger partial charge in [-0.2, -0.15) is 0 Å². The van der Waals surface area contributed by atoms with E-state index in [4.69, 9.17) is 4.74 Å². The number of hydrogen-bond acceptors (Lipinski definition) is 4. The summed E-state index contributed by atoms with van der Waals surface area (Å²) in [5.74, 6) is -0.366. The molecule has 3 N–H and O–H groups in total. The van der Waals surface area contributed by atoms with Crippen LogP contribution in [0.3, 0.4) is 0 Å². The zero-order chi connectivity index (χ0) is 14.5. The molecule has 1 unspecified atom stereocenters. The molecule has 2 rings (SSSR count). The Morgan fingerprint density at radius 1 is 1.20 bits per heavy atom. The Morgan fingerprint density at radius 2 is 1.95 bits per heavy atom. The molecule has 0 fully saturated rings. The number of ether oxygens (including phenoxy) is 1. The maximum Gasteiger partial charge on any atom is 0.330 e. The average Bonchev–Trinajstić information content (AvgIpc) is 2.44. The molecular formula is C15H15NO4. The Kier molecular flexibility index (Phi) is 4.10. The fourth-order valence-electron chi connectivity index (χ4n) is 1.87. The zero-order valence-electron chi connectivity index (χ0n) is 10.9. The molecule has 2 aromatic carbocycles. The number of carbonyl (C=O) groups is 1. The van der Waals surface area contributed by atoms with E-state index in [0.717, 1.165) is 0 Å². The molecule has 20 heavy (non-hydrogen) atoms. The summed E-state index contributed by atoms with van der Waals surface area (Å²) in [6.07, 6.45) is 0. The third kappa shape index (κ3) is 3.20. The molecule has 0 bridgehead atoms. The second kappa shape index (κ2) is 5.97. The number of rotatable bonds is 5. The first-order valence-corrected chi connectivity index (χ1v) is 6.02. The Hall–Kier alpha value is -2.69. The number of nitrogens with one attached hydrogen (secondary N) is 1. The SMILES string of the molecule is COc1cccc(NC(C(=O)O)c2cccc(O)c2)c1. The van der Waals surface area contributed by atoms with Crippen LogP contribution in [0.5, 0.6) is 11.5 Å². The van der Waals surface area contributed by atoms with Crippen LogP contribution in [0.2, 0.25) is 0 Å². The third-order valence-electron chi connectivity index (χ3n) is 2.83. The highest BCUT2D eigenvalue weighted by Crippen LogP contribution is 2.25. The molecule has 0 aliphatic carbocycles. The number of aromatic hydroxyl groups is 1. The van der Waals surface area contributed by atoms with E-state index in [1.54, 1.807) is 43.5 Å². The van der Waals surface area contributed by atoms with Crippen LogP contribution in [0, 0.1) is 0 Å². The summed E-state index contributed by atoms with van der Waals surface area (Å²) in [6, 6.07) is 12.2. The van der Waals surface area contributed by atoms with Gasteiger partial charge in [0.25, 0.3) is 0 Å². The van der Waals surface area contributed by atoms with Crippen molar-refractivity contribution < 1.29 is 19.7 Å². The highest BCUT2D eigenvalue weighted by Gasteiger charge is 2.20. The van der Waals surface area contributed by atoms with Gasteiger partial charge in [-0.3, -0.25) is 0 Å². The number of methoxy groups -OCH3 is 1. The second-order valence-corrected chi connectivity index (χ2v) is 4.24. The lowest BCUT2D eigenvalue weighted by molar-refractivity contribution is -0.138. The molecule has 5 nitrogen and oxygen atoms in total. The number of aliphatic carboxylic acids is 1. The van der Waals surface area contributed by atoms with E-state index < -0.39 is 12.0 Å². The topological polar surface area (TPSA) is 78.8 Å². The Balaban J connectivity index is 2.28. The van der Waals surface area contributed by atoms with E-state index in [2.05, 4.69) is 5.32 Å². The van der Waals surface area contributed by atoms with E-state index in [0.29, 0.717) is 17.0 Å². The molecule has 0 saturated carbocycles. The molecule has 0 saturated heterocycles. The van der Waals surface area contributed by atoms with E-state index >= 15 is 0 Å². The van der Waals surface area contributed by atoms with Crippen molar-refractivity contribution in [1.29, 1.82) is 0 Å². The highest BCUT2D eigenvalue weighted by molar-refractivity contribution is 5.79. The van der Waals surface area contributed by atoms with E-state index in [-0.39, 0.29) is 5.75 Å². The first kappa shape index (κ1) is 13.7. The quantitative estimate of drug-likeness (QED) is 0.780. The minimum Gasteiger partial charge on any atom is -0.508 e. The molecule has 0 aliphatic heterocycles. The van der Waals surface area contributed by atoms with Crippen LogP contribution in [-0.4, -0.2) is 23.3 Å². The molecule has 5 heteroatoms. The number of hydrogen-bond donors (Lipinski definition) is 3. The van der Waals surface area contributed by atoms with Crippen molar-refractivity contribution in [3.8, 4) is 11.5 Å². The highest BCUT2D eigenvalue weighted by atomic mass is 16.5. The van der Waals surface area contributed by atoms with Gasteiger partial charge in [-0.1, -0.05) is 18.2 Å². The van der Waals surface area contributed by atoms with Gasteiger partial charge in [0.2, 0.25) is 0 Å². The largest absolute Gasteiger partial charge is 0.508 e. The molecule has 0 heterocycles. The van der Waals surface area contributed by atoms with Gasteiger partial charge in [0.05, 0.1) is 7.11 Å². The van der Waals surface area contributed by atoms with E-state index in [1.165, 1.54) is 12.1 Å². The van der Waals surface area contributed by atoms with Crippen LogP contribution >= 0.6 is 0 Å². The number of benzene rings is 2. The van der Waals surface area contributed by atoms with Crippen molar-refractivity contribution in [2.75, 3.05) is 12.4 Å². The molecule has 2 aromatic rings. The van der Waals surface area contributed by atoms with Gasteiger partial charge >= 0.3 is 5.97 Å². The van der Waals surface area contributed by atoms with Crippen LogP contribution in [0.25, 0.3) is 0 Å². The number of carboxylic acids is 1. The smallest absolute Gasteiger partial charge is 0.330 e. The lowest BCUT2D eigenvalue weighted by atomic mass is 10.1. The first-order valence-electron chi connectivity index (χ1n) is 6.02. The van der Waals surface area contributed by atoms with Crippen LogP contribution in [0.1, 0.15) is 11.6 Å². The Labute approximate surface area is 116 Å². The Morgan fingerprint density at radius 3 is 2.60 bits per heavy atom. The summed E-state index contributed by atoms with van der Waals surface area (Å²) in [5.41, 5.74) is 1.10. The number of carboxylic acid groups (broad SMARTS) is 1. The van der Waals surface area contributed by atoms with Crippen molar-refractivity contribution in [3.63, 3.8) is 0 Å². The standard InChI is InChI=1S/C15H15NO4/c1-20-13-7-3-5-11(9-13)16-14(15(18)19)10-4-2-6-12(17)8-10/h2-9,14,16-17H,1H3,(H,18,19). The molecule has 104 valence electrons. The van der Waals surface area contributed by atoms with Crippen molar-refractivity contribution >= 4 is 11.7 Å². The summed E-state index contributed by atoms with van der Waals surface area (Å²) in [4.78, 5) is 11.4. The molecule has 0 aromatic heterocycles. The van der Waals surface area contributed by atoms with Gasteiger partial charge in [-0.25, -0.2) is 4.79 Å². The number of phenolic OH excluding ortho intramolecular Hbond substituents is 1. The molecule has 0 amide bonds. The van der Waals surface area contributed by atoms with Gasteiger partial charge in [0.15, 0.2) is 6.04 Å². The first-order chi connectivity index (χ1) is 9.60. The summed E-state index contributed by atoms with van der Waals surface area (Å²) >= 11 is 0. The summed E-state index contributed by atoms with van der Waals surface area (Å²) in [6.45, 7) is 0. The second-order valence-electron chi connectivity index (χ2n) is 4.24. The molecule has 0 spiro atoms. The number of anilines is 1. The van der Waals surface area contributed by atoms with Crippen molar-refractivity contribution in [2.45, 2.75) is 6.04 Å². The van der Waals surface area contributed by atoms with Crippen molar-refractivity contribution in [3.05, 3.63) is 54.1 Å². The lowest BCUT2D eigenvalue weighted by Crippen LogP contribution is -2.20. The average molecular weight is 273 g/mol. The van der Waals surface area contributed by atoms with Gasteiger partial charge in [0, 0.05) is 11.8 Å². The minimum absolute atomic E-state index is 0.0289.